The smallest absolute Gasteiger partial charge is 0.105 e. The minimum Gasteiger partial charge on any atom is -0.197 e. The highest BCUT2D eigenvalue weighted by molar-refractivity contribution is 8.47. The molecule has 1 saturated carbocycles. The molecular formula is C10H15NS3. The number of thiocarbonyl (C=S) groups is 1. The van der Waals surface area contributed by atoms with E-state index in [1.165, 1.54) is 43.9 Å². The zero-order valence-corrected chi connectivity index (χ0v) is 10.6. The lowest BCUT2D eigenvalue weighted by molar-refractivity contribution is 0.391. The Balaban J connectivity index is 2.07. The Labute approximate surface area is 100 Å². The Morgan fingerprint density at radius 1 is 1.29 bits per heavy atom. The second kappa shape index (κ2) is 7.56. The van der Waals surface area contributed by atoms with Crippen molar-refractivity contribution < 1.29 is 0 Å². The minimum atomic E-state index is 0.497. The first-order valence-corrected chi connectivity index (χ1v) is 7.37. The molecule has 0 aromatic carbocycles. The molecule has 0 aromatic rings. The van der Waals surface area contributed by atoms with Crippen LogP contribution in [0.1, 0.15) is 32.1 Å². The zero-order chi connectivity index (χ0) is 10.2. The van der Waals surface area contributed by atoms with Gasteiger partial charge in [-0.15, -0.1) is 11.8 Å². The predicted octanol–water partition coefficient (Wildman–Crippen LogP) is 3.84. The van der Waals surface area contributed by atoms with Crippen LogP contribution < -0.4 is 0 Å². The number of rotatable bonds is 3. The topological polar surface area (TPSA) is 23.8 Å². The molecule has 0 amide bonds. The molecule has 0 radical (unpaired) electrons. The van der Waals surface area contributed by atoms with Crippen LogP contribution in [-0.4, -0.2) is 15.0 Å². The zero-order valence-electron chi connectivity index (χ0n) is 8.20. The van der Waals surface area contributed by atoms with Gasteiger partial charge in [0.1, 0.15) is 3.53 Å². The summed E-state index contributed by atoms with van der Waals surface area (Å²) in [6.45, 7) is 0. The maximum Gasteiger partial charge on any atom is 0.105 e. The number of hydrogen-bond donors (Lipinski definition) is 0. The van der Waals surface area contributed by atoms with Crippen molar-refractivity contribution >= 4 is 39.3 Å². The second-order valence-electron chi connectivity index (χ2n) is 3.51. The van der Waals surface area contributed by atoms with Gasteiger partial charge in [0.25, 0.3) is 0 Å². The third-order valence-electron chi connectivity index (χ3n) is 2.42. The number of nitriles is 1. The summed E-state index contributed by atoms with van der Waals surface area (Å²) in [5, 5.41) is 8.39. The largest absolute Gasteiger partial charge is 0.197 e. The maximum absolute atomic E-state index is 8.39. The number of thioether (sulfide) groups is 2. The molecule has 0 saturated heterocycles. The highest BCUT2D eigenvalue weighted by Crippen LogP contribution is 2.28. The van der Waals surface area contributed by atoms with Crippen molar-refractivity contribution in [2.75, 3.05) is 11.5 Å². The van der Waals surface area contributed by atoms with Gasteiger partial charge >= 0.3 is 0 Å². The van der Waals surface area contributed by atoms with Gasteiger partial charge in [-0.05, 0) is 18.8 Å². The molecule has 0 bridgehead atoms. The van der Waals surface area contributed by atoms with E-state index in [2.05, 4.69) is 6.07 Å². The van der Waals surface area contributed by atoms with Crippen molar-refractivity contribution in [3.63, 3.8) is 0 Å². The van der Waals surface area contributed by atoms with Gasteiger partial charge in [0.05, 0.1) is 11.8 Å². The summed E-state index contributed by atoms with van der Waals surface area (Å²) >= 11 is 8.43. The molecule has 0 aliphatic heterocycles. The third-order valence-corrected chi connectivity index (χ3v) is 5.21. The molecule has 0 heterocycles. The van der Waals surface area contributed by atoms with E-state index in [0.717, 1.165) is 15.2 Å². The van der Waals surface area contributed by atoms with E-state index in [1.54, 1.807) is 11.8 Å². The first-order valence-electron chi connectivity index (χ1n) is 4.99. The van der Waals surface area contributed by atoms with Gasteiger partial charge in [0.15, 0.2) is 0 Å². The molecule has 1 rings (SSSR count). The Kier molecular flexibility index (Phi) is 6.67. The quantitative estimate of drug-likeness (QED) is 0.705. The summed E-state index contributed by atoms with van der Waals surface area (Å²) in [7, 11) is 0. The van der Waals surface area contributed by atoms with Crippen LogP contribution in [0.3, 0.4) is 0 Å². The Hall–Kier alpha value is 0.280. The van der Waals surface area contributed by atoms with Crippen LogP contribution in [-0.2, 0) is 0 Å². The van der Waals surface area contributed by atoms with E-state index in [-0.39, 0.29) is 0 Å². The molecule has 0 N–H and O–H groups in total. The molecule has 1 aliphatic carbocycles. The van der Waals surface area contributed by atoms with E-state index in [9.17, 15) is 0 Å². The lowest BCUT2D eigenvalue weighted by atomic mass is 9.91. The average molecular weight is 245 g/mol. The lowest BCUT2D eigenvalue weighted by Gasteiger charge is -2.20. The fourth-order valence-electron chi connectivity index (χ4n) is 1.67. The van der Waals surface area contributed by atoms with E-state index in [1.807, 2.05) is 0 Å². The van der Waals surface area contributed by atoms with E-state index in [0.29, 0.717) is 5.75 Å². The van der Waals surface area contributed by atoms with Gasteiger partial charge in [-0.2, -0.15) is 5.26 Å². The second-order valence-corrected chi connectivity index (χ2v) is 6.71. The molecule has 4 heteroatoms. The van der Waals surface area contributed by atoms with Crippen molar-refractivity contribution in [3.8, 4) is 6.07 Å². The van der Waals surface area contributed by atoms with Crippen molar-refractivity contribution in [2.24, 2.45) is 5.92 Å². The predicted molar refractivity (Wildman–Crippen MR) is 69.7 cm³/mol. The van der Waals surface area contributed by atoms with Crippen molar-refractivity contribution in [3.05, 3.63) is 0 Å². The first kappa shape index (κ1) is 12.4. The first-order chi connectivity index (χ1) is 6.83. The Bertz CT molecular complexity index is 216. The molecule has 78 valence electrons. The lowest BCUT2D eigenvalue weighted by Crippen LogP contribution is -2.09. The molecule has 0 unspecified atom stereocenters. The Morgan fingerprint density at radius 2 is 2.00 bits per heavy atom. The van der Waals surface area contributed by atoms with Gasteiger partial charge in [0.2, 0.25) is 0 Å². The van der Waals surface area contributed by atoms with Crippen LogP contribution in [0.4, 0.5) is 0 Å². The molecule has 1 aliphatic rings. The Morgan fingerprint density at radius 3 is 2.64 bits per heavy atom. The monoisotopic (exact) mass is 245 g/mol. The van der Waals surface area contributed by atoms with E-state index in [4.69, 9.17) is 17.5 Å². The van der Waals surface area contributed by atoms with Gasteiger partial charge in [-0.25, -0.2) is 0 Å². The van der Waals surface area contributed by atoms with Crippen LogP contribution in [0, 0.1) is 17.2 Å². The summed E-state index contributed by atoms with van der Waals surface area (Å²) in [6, 6.07) is 2.10. The molecule has 0 spiro atoms. The van der Waals surface area contributed by atoms with Crippen molar-refractivity contribution in [1.82, 2.24) is 0 Å². The van der Waals surface area contributed by atoms with Crippen molar-refractivity contribution in [1.29, 1.82) is 5.26 Å². The van der Waals surface area contributed by atoms with Crippen LogP contribution in [0.25, 0.3) is 0 Å². The molecule has 0 aromatic heterocycles. The van der Waals surface area contributed by atoms with Gasteiger partial charge < -0.3 is 0 Å². The molecule has 1 fully saturated rings. The van der Waals surface area contributed by atoms with Gasteiger partial charge in [-0.3, -0.25) is 0 Å². The van der Waals surface area contributed by atoms with Crippen LogP contribution in [0.5, 0.6) is 0 Å². The minimum absolute atomic E-state index is 0.497. The molecular weight excluding hydrogens is 230 g/mol. The van der Waals surface area contributed by atoms with Crippen LogP contribution in [0.2, 0.25) is 0 Å². The summed E-state index contributed by atoms with van der Waals surface area (Å²) in [4.78, 5) is 0. The summed E-state index contributed by atoms with van der Waals surface area (Å²) < 4.78 is 0.942. The fraction of sp³-hybridized carbons (Fsp3) is 0.800. The van der Waals surface area contributed by atoms with Gasteiger partial charge in [0, 0.05) is 5.75 Å². The standard InChI is InChI=1S/C10H15NS3/c11-6-7-13-10(12)14-8-9-4-2-1-3-5-9/h9H,1-5,7-8H2. The average Bonchev–Trinajstić information content (AvgIpc) is 2.25. The SMILES string of the molecule is N#CCSC(=S)SCC1CCCCC1. The van der Waals surface area contributed by atoms with E-state index < -0.39 is 0 Å². The normalized spacial score (nSPS) is 17.6. The molecule has 14 heavy (non-hydrogen) atoms. The molecule has 1 nitrogen and oxygen atoms in total. The maximum atomic E-state index is 8.39. The highest BCUT2D eigenvalue weighted by Gasteiger charge is 2.14. The third kappa shape index (κ3) is 5.23. The number of nitrogens with zero attached hydrogens (tertiary/aromatic N) is 1. The van der Waals surface area contributed by atoms with Crippen LogP contribution >= 0.6 is 35.7 Å². The van der Waals surface area contributed by atoms with E-state index >= 15 is 0 Å². The summed E-state index contributed by atoms with van der Waals surface area (Å²) in [6.07, 6.45) is 6.94. The summed E-state index contributed by atoms with van der Waals surface area (Å²) in [5.41, 5.74) is 0. The summed E-state index contributed by atoms with van der Waals surface area (Å²) in [5.74, 6) is 2.53. The van der Waals surface area contributed by atoms with Crippen LogP contribution in [0.15, 0.2) is 0 Å². The van der Waals surface area contributed by atoms with Gasteiger partial charge in [-0.1, -0.05) is 43.2 Å². The number of hydrogen-bond acceptors (Lipinski definition) is 4. The van der Waals surface area contributed by atoms with Crippen molar-refractivity contribution in [2.45, 2.75) is 32.1 Å². The molecule has 0 atom stereocenters. The fourth-order valence-corrected chi connectivity index (χ4v) is 3.66. The highest BCUT2D eigenvalue weighted by atomic mass is 32.2.